The third-order valence-corrected chi connectivity index (χ3v) is 5.24. The van der Waals surface area contributed by atoms with Crippen LogP contribution in [0.15, 0.2) is 41.8 Å². The Morgan fingerprint density at radius 2 is 2.14 bits per heavy atom. The van der Waals surface area contributed by atoms with E-state index >= 15 is 0 Å². The molecule has 0 saturated heterocycles. The molecule has 0 radical (unpaired) electrons. The van der Waals surface area contributed by atoms with Crippen molar-refractivity contribution in [3.63, 3.8) is 0 Å². The minimum Gasteiger partial charge on any atom is -0.496 e. The normalized spacial score (nSPS) is 22.0. The van der Waals surface area contributed by atoms with Gasteiger partial charge in [0.2, 0.25) is 0 Å². The fourth-order valence-corrected chi connectivity index (χ4v) is 4.04. The van der Waals surface area contributed by atoms with Crippen molar-refractivity contribution in [2.24, 2.45) is 5.92 Å². The Kier molecular flexibility index (Phi) is 4.61. The predicted molar refractivity (Wildman–Crippen MR) is 89.2 cm³/mol. The van der Waals surface area contributed by atoms with Crippen molar-refractivity contribution in [3.8, 4) is 5.75 Å². The Bertz CT molecular complexity index is 566. The lowest BCUT2D eigenvalue weighted by Gasteiger charge is -2.17. The average Bonchev–Trinajstić information content (AvgIpc) is 3.17. The van der Waals surface area contributed by atoms with E-state index in [9.17, 15) is 0 Å². The molecule has 3 heteroatoms. The second-order valence-electron chi connectivity index (χ2n) is 5.74. The molecule has 1 aliphatic rings. The molecule has 1 N–H and O–H groups in total. The number of benzene rings is 1. The SMILES string of the molecule is CCCNC(c1cc(OC)cs1)C1CC1c1ccccc1. The Morgan fingerprint density at radius 1 is 1.33 bits per heavy atom. The van der Waals surface area contributed by atoms with E-state index in [4.69, 9.17) is 4.74 Å². The van der Waals surface area contributed by atoms with E-state index in [2.05, 4.69) is 54.0 Å². The molecule has 0 aliphatic heterocycles. The standard InChI is InChI=1S/C18H23NOS/c1-3-9-19-18(17-10-14(20-2)12-21-17)16-11-15(16)13-7-5-4-6-8-13/h4-8,10,12,15-16,18-19H,3,9,11H2,1-2H3. The summed E-state index contributed by atoms with van der Waals surface area (Å²) in [7, 11) is 1.74. The smallest absolute Gasteiger partial charge is 0.129 e. The number of hydrogen-bond donors (Lipinski definition) is 1. The number of nitrogens with one attached hydrogen (secondary N) is 1. The molecule has 2 aromatic rings. The number of ether oxygens (including phenoxy) is 1. The van der Waals surface area contributed by atoms with Gasteiger partial charge in [0, 0.05) is 16.3 Å². The van der Waals surface area contributed by atoms with E-state index in [-0.39, 0.29) is 0 Å². The first-order chi connectivity index (χ1) is 10.3. The summed E-state index contributed by atoms with van der Waals surface area (Å²) in [5.74, 6) is 2.39. The third kappa shape index (κ3) is 3.30. The van der Waals surface area contributed by atoms with Gasteiger partial charge in [-0.1, -0.05) is 37.3 Å². The van der Waals surface area contributed by atoms with Crippen LogP contribution in [0, 0.1) is 5.92 Å². The zero-order valence-electron chi connectivity index (χ0n) is 12.7. The Labute approximate surface area is 131 Å². The summed E-state index contributed by atoms with van der Waals surface area (Å²) >= 11 is 1.81. The zero-order chi connectivity index (χ0) is 14.7. The topological polar surface area (TPSA) is 21.3 Å². The lowest BCUT2D eigenvalue weighted by Crippen LogP contribution is -2.23. The minimum absolute atomic E-state index is 0.462. The predicted octanol–water partition coefficient (Wildman–Crippen LogP) is 4.60. The van der Waals surface area contributed by atoms with E-state index in [1.54, 1.807) is 7.11 Å². The second kappa shape index (κ2) is 6.63. The van der Waals surface area contributed by atoms with Gasteiger partial charge in [-0.25, -0.2) is 0 Å². The van der Waals surface area contributed by atoms with Gasteiger partial charge >= 0.3 is 0 Å². The highest BCUT2D eigenvalue weighted by Crippen LogP contribution is 2.54. The van der Waals surface area contributed by atoms with E-state index < -0.39 is 0 Å². The van der Waals surface area contributed by atoms with Crippen LogP contribution in [-0.2, 0) is 0 Å². The largest absolute Gasteiger partial charge is 0.496 e. The molecule has 0 bridgehead atoms. The van der Waals surface area contributed by atoms with Crippen molar-refractivity contribution in [3.05, 3.63) is 52.2 Å². The molecule has 1 aromatic carbocycles. The van der Waals surface area contributed by atoms with Crippen LogP contribution in [0.25, 0.3) is 0 Å². The van der Waals surface area contributed by atoms with Crippen molar-refractivity contribution in [2.45, 2.75) is 31.7 Å². The highest BCUT2D eigenvalue weighted by atomic mass is 32.1. The molecule has 3 rings (SSSR count). The van der Waals surface area contributed by atoms with Crippen molar-refractivity contribution < 1.29 is 4.74 Å². The second-order valence-corrected chi connectivity index (χ2v) is 6.68. The van der Waals surface area contributed by atoms with Gasteiger partial charge in [-0.05, 0) is 42.9 Å². The Hall–Kier alpha value is -1.32. The molecule has 1 heterocycles. The molecule has 3 unspecified atom stereocenters. The van der Waals surface area contributed by atoms with Gasteiger partial charge in [-0.15, -0.1) is 11.3 Å². The van der Waals surface area contributed by atoms with E-state index in [0.717, 1.165) is 12.3 Å². The van der Waals surface area contributed by atoms with Gasteiger partial charge in [0.05, 0.1) is 7.11 Å². The summed E-state index contributed by atoms with van der Waals surface area (Å²) in [5.41, 5.74) is 1.48. The van der Waals surface area contributed by atoms with Gasteiger partial charge in [-0.3, -0.25) is 0 Å². The molecule has 1 fully saturated rings. The lowest BCUT2D eigenvalue weighted by molar-refractivity contribution is 0.414. The fraction of sp³-hybridized carbons (Fsp3) is 0.444. The minimum atomic E-state index is 0.462. The Balaban J connectivity index is 1.74. The van der Waals surface area contributed by atoms with Crippen LogP contribution in [0.2, 0.25) is 0 Å². The molecule has 1 aromatic heterocycles. The van der Waals surface area contributed by atoms with Crippen LogP contribution in [0.1, 0.15) is 42.2 Å². The number of thiophene rings is 1. The van der Waals surface area contributed by atoms with Crippen molar-refractivity contribution in [1.29, 1.82) is 0 Å². The van der Waals surface area contributed by atoms with Crippen LogP contribution < -0.4 is 10.1 Å². The van der Waals surface area contributed by atoms with Gasteiger partial charge in [0.25, 0.3) is 0 Å². The summed E-state index contributed by atoms with van der Waals surface area (Å²) in [6.07, 6.45) is 2.45. The molecule has 1 saturated carbocycles. The van der Waals surface area contributed by atoms with Crippen molar-refractivity contribution >= 4 is 11.3 Å². The fourth-order valence-electron chi connectivity index (χ4n) is 3.03. The lowest BCUT2D eigenvalue weighted by atomic mass is 10.0. The van der Waals surface area contributed by atoms with Crippen molar-refractivity contribution in [2.75, 3.05) is 13.7 Å². The molecule has 1 aliphatic carbocycles. The number of hydrogen-bond acceptors (Lipinski definition) is 3. The van der Waals surface area contributed by atoms with E-state index in [1.165, 1.54) is 23.3 Å². The maximum atomic E-state index is 5.34. The zero-order valence-corrected chi connectivity index (χ0v) is 13.5. The van der Waals surface area contributed by atoms with Crippen LogP contribution in [0.4, 0.5) is 0 Å². The molecule has 0 amide bonds. The van der Waals surface area contributed by atoms with Crippen molar-refractivity contribution in [1.82, 2.24) is 5.32 Å². The average molecular weight is 301 g/mol. The molecule has 21 heavy (non-hydrogen) atoms. The molecular weight excluding hydrogens is 278 g/mol. The highest BCUT2D eigenvalue weighted by molar-refractivity contribution is 7.10. The molecule has 0 spiro atoms. The molecule has 3 atom stereocenters. The van der Waals surface area contributed by atoms with Gasteiger partial charge in [0.1, 0.15) is 5.75 Å². The van der Waals surface area contributed by atoms with Crippen LogP contribution in [0.5, 0.6) is 5.75 Å². The maximum absolute atomic E-state index is 5.34. The number of rotatable bonds is 7. The van der Waals surface area contributed by atoms with Crippen LogP contribution in [-0.4, -0.2) is 13.7 Å². The molecular formula is C18H23NOS. The summed E-state index contributed by atoms with van der Waals surface area (Å²) in [5, 5.41) is 5.85. The van der Waals surface area contributed by atoms with E-state index in [1.807, 2.05) is 11.3 Å². The van der Waals surface area contributed by atoms with E-state index in [0.29, 0.717) is 17.9 Å². The first kappa shape index (κ1) is 14.6. The van der Waals surface area contributed by atoms with Gasteiger partial charge in [0.15, 0.2) is 0 Å². The highest BCUT2D eigenvalue weighted by Gasteiger charge is 2.44. The first-order valence-electron chi connectivity index (χ1n) is 7.74. The molecule has 112 valence electrons. The quantitative estimate of drug-likeness (QED) is 0.807. The van der Waals surface area contributed by atoms with Crippen LogP contribution in [0.3, 0.4) is 0 Å². The van der Waals surface area contributed by atoms with Gasteiger partial charge < -0.3 is 10.1 Å². The number of methoxy groups -OCH3 is 1. The summed E-state index contributed by atoms with van der Waals surface area (Å²) in [4.78, 5) is 1.41. The monoisotopic (exact) mass is 301 g/mol. The third-order valence-electron chi connectivity index (χ3n) is 4.25. The summed E-state index contributed by atoms with van der Waals surface area (Å²) < 4.78 is 5.34. The first-order valence-corrected chi connectivity index (χ1v) is 8.62. The molecule has 2 nitrogen and oxygen atoms in total. The summed E-state index contributed by atoms with van der Waals surface area (Å²) in [6, 6.07) is 13.6. The van der Waals surface area contributed by atoms with Gasteiger partial charge in [-0.2, -0.15) is 0 Å². The Morgan fingerprint density at radius 3 is 2.81 bits per heavy atom. The van der Waals surface area contributed by atoms with Crippen LogP contribution >= 0.6 is 11.3 Å². The maximum Gasteiger partial charge on any atom is 0.129 e. The summed E-state index contributed by atoms with van der Waals surface area (Å²) in [6.45, 7) is 3.30.